The van der Waals surface area contributed by atoms with Crippen LogP contribution < -0.4 is 5.32 Å². The highest BCUT2D eigenvalue weighted by Gasteiger charge is 2.28. The van der Waals surface area contributed by atoms with Crippen LogP contribution in [0.1, 0.15) is 12.0 Å². The van der Waals surface area contributed by atoms with Crippen molar-refractivity contribution in [2.45, 2.75) is 23.4 Å². The number of thioether (sulfide) groups is 1. The number of carbonyl (C=O) groups excluding carboxylic acids is 1. The Morgan fingerprint density at radius 2 is 2.00 bits per heavy atom. The van der Waals surface area contributed by atoms with Gasteiger partial charge in [-0.05, 0) is 29.5 Å². The van der Waals surface area contributed by atoms with Gasteiger partial charge >= 0.3 is 5.51 Å². The molecule has 9 heteroatoms. The maximum atomic E-state index is 12.3. The van der Waals surface area contributed by atoms with Crippen LogP contribution in [0.25, 0.3) is 0 Å². The third-order valence-corrected chi connectivity index (χ3v) is 3.45. The lowest BCUT2D eigenvalue weighted by Crippen LogP contribution is -2.15. The molecule has 0 aliphatic carbocycles. The molecule has 5 nitrogen and oxygen atoms in total. The van der Waals surface area contributed by atoms with E-state index in [4.69, 9.17) is 5.26 Å². The van der Waals surface area contributed by atoms with Crippen molar-refractivity contribution in [2.75, 3.05) is 5.32 Å². The monoisotopic (exact) mass is 340 g/mol. The third-order valence-electron chi connectivity index (χ3n) is 2.71. The van der Waals surface area contributed by atoms with Gasteiger partial charge in [-0.25, -0.2) is 4.68 Å². The van der Waals surface area contributed by atoms with Crippen LogP contribution in [-0.4, -0.2) is 21.2 Å². The number of benzene rings is 1. The van der Waals surface area contributed by atoms with E-state index in [2.05, 4.69) is 10.4 Å². The number of nitriles is 1. The predicted octanol–water partition coefficient (Wildman–Crippen LogP) is 3.40. The zero-order chi connectivity index (χ0) is 16.9. The maximum Gasteiger partial charge on any atom is 0.446 e. The van der Waals surface area contributed by atoms with Crippen LogP contribution in [0.3, 0.4) is 0 Å². The normalized spacial score (nSPS) is 11.0. The topological polar surface area (TPSA) is 70.7 Å². The highest BCUT2D eigenvalue weighted by Crippen LogP contribution is 2.36. The Hall–Kier alpha value is -2.47. The number of hydrogen-bond donors (Lipinski definition) is 1. The van der Waals surface area contributed by atoms with Gasteiger partial charge in [0.1, 0.15) is 12.2 Å². The van der Waals surface area contributed by atoms with E-state index in [1.165, 1.54) is 23.0 Å². The van der Waals surface area contributed by atoms with Crippen LogP contribution >= 0.6 is 11.8 Å². The third kappa shape index (κ3) is 5.34. The quantitative estimate of drug-likeness (QED) is 0.847. The number of anilines is 1. The van der Waals surface area contributed by atoms with Crippen LogP contribution in [0.4, 0.5) is 19.0 Å². The molecule has 2 aromatic rings. The Morgan fingerprint density at radius 1 is 1.30 bits per heavy atom. The fourth-order valence-electron chi connectivity index (χ4n) is 1.79. The van der Waals surface area contributed by atoms with E-state index in [1.54, 1.807) is 24.3 Å². The maximum absolute atomic E-state index is 12.3. The molecule has 1 amide bonds. The summed E-state index contributed by atoms with van der Waals surface area (Å²) in [5.74, 6) is -0.0369. The molecule has 1 aromatic carbocycles. The highest BCUT2D eigenvalue weighted by molar-refractivity contribution is 8.00. The van der Waals surface area contributed by atoms with E-state index in [0.29, 0.717) is 5.82 Å². The van der Waals surface area contributed by atoms with E-state index >= 15 is 0 Å². The molecule has 0 atom stereocenters. The minimum atomic E-state index is -4.32. The minimum absolute atomic E-state index is 0.101. The Kier molecular flexibility index (Phi) is 5.28. The summed E-state index contributed by atoms with van der Waals surface area (Å²) in [6.45, 7) is 0.284. The van der Waals surface area contributed by atoms with Crippen molar-refractivity contribution in [1.29, 1.82) is 5.26 Å². The summed E-state index contributed by atoms with van der Waals surface area (Å²) in [4.78, 5) is 11.5. The zero-order valence-corrected chi connectivity index (χ0v) is 12.5. The molecule has 0 bridgehead atoms. The predicted molar refractivity (Wildman–Crippen MR) is 78.5 cm³/mol. The molecular weight excluding hydrogens is 329 g/mol. The SMILES string of the molecule is N#CCC(=O)Nc1ccnn1Cc1ccc(SC(F)(F)F)cc1. The van der Waals surface area contributed by atoms with Crippen molar-refractivity contribution >= 4 is 23.5 Å². The Balaban J connectivity index is 2.04. The first-order valence-corrected chi connectivity index (χ1v) is 7.22. The van der Waals surface area contributed by atoms with Gasteiger partial charge in [0.05, 0.1) is 18.8 Å². The Labute approximate surface area is 134 Å². The zero-order valence-electron chi connectivity index (χ0n) is 11.7. The first-order chi connectivity index (χ1) is 10.9. The summed E-state index contributed by atoms with van der Waals surface area (Å²) >= 11 is -0.176. The summed E-state index contributed by atoms with van der Waals surface area (Å²) in [6.07, 6.45) is 1.21. The minimum Gasteiger partial charge on any atom is -0.310 e. The number of rotatable bonds is 5. The molecule has 0 saturated heterocycles. The number of halogens is 3. The number of aromatic nitrogens is 2. The molecule has 1 N–H and O–H groups in total. The molecule has 0 radical (unpaired) electrons. The van der Waals surface area contributed by atoms with Crippen LogP contribution in [0.2, 0.25) is 0 Å². The molecule has 0 spiro atoms. The summed E-state index contributed by atoms with van der Waals surface area (Å²) < 4.78 is 38.3. The molecule has 0 aliphatic rings. The molecule has 1 aromatic heterocycles. The fourth-order valence-corrected chi connectivity index (χ4v) is 2.33. The number of nitrogens with zero attached hydrogens (tertiary/aromatic N) is 3. The van der Waals surface area contributed by atoms with Crippen molar-refractivity contribution in [3.8, 4) is 6.07 Å². The van der Waals surface area contributed by atoms with E-state index in [-0.39, 0.29) is 29.6 Å². The lowest BCUT2D eigenvalue weighted by Gasteiger charge is -2.09. The molecular formula is C14H11F3N4OS. The van der Waals surface area contributed by atoms with Crippen molar-refractivity contribution in [3.63, 3.8) is 0 Å². The first kappa shape index (κ1) is 16.9. The average Bonchev–Trinajstić information content (AvgIpc) is 2.87. The smallest absolute Gasteiger partial charge is 0.310 e. The van der Waals surface area contributed by atoms with Crippen molar-refractivity contribution in [2.24, 2.45) is 0 Å². The summed E-state index contributed by atoms with van der Waals surface area (Å²) in [5, 5.41) is 15.0. The standard InChI is InChI=1S/C14H11F3N4OS/c15-14(16,17)23-11-3-1-10(2-4-11)9-21-12(6-8-19-21)20-13(22)5-7-18/h1-4,6,8H,5,9H2,(H,20,22). The number of alkyl halides is 3. The van der Waals surface area contributed by atoms with Gasteiger partial charge in [-0.15, -0.1) is 0 Å². The summed E-state index contributed by atoms with van der Waals surface area (Å²) in [6, 6.07) is 9.20. The highest BCUT2D eigenvalue weighted by atomic mass is 32.2. The summed E-state index contributed by atoms with van der Waals surface area (Å²) in [7, 11) is 0. The van der Waals surface area contributed by atoms with Crippen LogP contribution in [-0.2, 0) is 11.3 Å². The molecule has 23 heavy (non-hydrogen) atoms. The van der Waals surface area contributed by atoms with E-state index in [0.717, 1.165) is 5.56 Å². The van der Waals surface area contributed by atoms with Gasteiger partial charge in [0.15, 0.2) is 0 Å². The lowest BCUT2D eigenvalue weighted by molar-refractivity contribution is -0.115. The summed E-state index contributed by atoms with van der Waals surface area (Å²) in [5.41, 5.74) is -3.59. The van der Waals surface area contributed by atoms with E-state index < -0.39 is 11.4 Å². The number of amides is 1. The van der Waals surface area contributed by atoms with Gasteiger partial charge in [-0.2, -0.15) is 23.5 Å². The number of nitrogens with one attached hydrogen (secondary N) is 1. The number of hydrogen-bond acceptors (Lipinski definition) is 4. The molecule has 0 unspecified atom stereocenters. The van der Waals surface area contributed by atoms with Gasteiger partial charge in [0.25, 0.3) is 0 Å². The second kappa shape index (κ2) is 7.19. The Bertz CT molecular complexity index is 719. The largest absolute Gasteiger partial charge is 0.446 e. The van der Waals surface area contributed by atoms with Gasteiger partial charge < -0.3 is 5.32 Å². The average molecular weight is 340 g/mol. The van der Waals surface area contributed by atoms with Crippen LogP contribution in [0, 0.1) is 11.3 Å². The lowest BCUT2D eigenvalue weighted by atomic mass is 10.2. The molecule has 2 rings (SSSR count). The van der Waals surface area contributed by atoms with E-state index in [1.807, 2.05) is 0 Å². The number of carbonyl (C=O) groups is 1. The van der Waals surface area contributed by atoms with Crippen molar-refractivity contribution in [1.82, 2.24) is 9.78 Å². The fraction of sp³-hybridized carbons (Fsp3) is 0.214. The van der Waals surface area contributed by atoms with Gasteiger partial charge in [-0.1, -0.05) is 12.1 Å². The van der Waals surface area contributed by atoms with Gasteiger partial charge in [0.2, 0.25) is 5.91 Å². The van der Waals surface area contributed by atoms with Gasteiger partial charge in [0, 0.05) is 11.0 Å². The second-order valence-electron chi connectivity index (χ2n) is 4.45. The van der Waals surface area contributed by atoms with Gasteiger partial charge in [-0.3, -0.25) is 4.79 Å². The Morgan fingerprint density at radius 3 is 2.61 bits per heavy atom. The second-order valence-corrected chi connectivity index (χ2v) is 5.59. The molecule has 0 saturated carbocycles. The molecule has 1 heterocycles. The van der Waals surface area contributed by atoms with Crippen LogP contribution in [0.5, 0.6) is 0 Å². The van der Waals surface area contributed by atoms with Crippen molar-refractivity contribution < 1.29 is 18.0 Å². The molecule has 120 valence electrons. The van der Waals surface area contributed by atoms with Crippen LogP contribution in [0.15, 0.2) is 41.4 Å². The van der Waals surface area contributed by atoms with E-state index in [9.17, 15) is 18.0 Å². The first-order valence-electron chi connectivity index (χ1n) is 6.40. The molecule has 0 aliphatic heterocycles. The van der Waals surface area contributed by atoms with Crippen molar-refractivity contribution in [3.05, 3.63) is 42.1 Å². The molecule has 0 fully saturated rings.